The lowest BCUT2D eigenvalue weighted by Gasteiger charge is -2.18. The third kappa shape index (κ3) is 2.52. The van der Waals surface area contributed by atoms with E-state index >= 15 is 0 Å². The standard InChI is InChI=1S/C8H12ClFN4/c1-11-3-4-14(2)8-6(9)7(10)12-5-13-8/h5,11H,3-4H2,1-2H3. The minimum atomic E-state index is -0.687. The molecular formula is C8H12ClFN4. The molecule has 1 aromatic heterocycles. The van der Waals surface area contributed by atoms with Crippen molar-refractivity contribution >= 4 is 17.4 Å². The van der Waals surface area contributed by atoms with E-state index in [1.54, 1.807) is 11.9 Å². The van der Waals surface area contributed by atoms with Crippen molar-refractivity contribution in [1.29, 1.82) is 0 Å². The summed E-state index contributed by atoms with van der Waals surface area (Å²) in [5, 5.41) is 2.94. The summed E-state index contributed by atoms with van der Waals surface area (Å²) in [5.41, 5.74) is 0. The zero-order valence-electron chi connectivity index (χ0n) is 8.09. The molecule has 0 saturated heterocycles. The lowest BCUT2D eigenvalue weighted by molar-refractivity contribution is 0.579. The van der Waals surface area contributed by atoms with Crippen molar-refractivity contribution in [3.63, 3.8) is 0 Å². The van der Waals surface area contributed by atoms with Gasteiger partial charge >= 0.3 is 0 Å². The number of rotatable bonds is 4. The third-order valence-electron chi connectivity index (χ3n) is 1.79. The summed E-state index contributed by atoms with van der Waals surface area (Å²) in [6.07, 6.45) is 1.16. The van der Waals surface area contributed by atoms with E-state index in [-0.39, 0.29) is 5.02 Å². The van der Waals surface area contributed by atoms with Crippen LogP contribution in [0, 0.1) is 5.95 Å². The number of aromatic nitrogens is 2. The van der Waals surface area contributed by atoms with Crippen molar-refractivity contribution in [2.24, 2.45) is 0 Å². The summed E-state index contributed by atoms with van der Waals surface area (Å²) >= 11 is 5.70. The Morgan fingerprint density at radius 3 is 2.93 bits per heavy atom. The van der Waals surface area contributed by atoms with Crippen molar-refractivity contribution in [3.05, 3.63) is 17.3 Å². The Bertz CT molecular complexity index is 307. The van der Waals surface area contributed by atoms with Crippen molar-refractivity contribution in [3.8, 4) is 0 Å². The highest BCUT2D eigenvalue weighted by Gasteiger charge is 2.11. The molecule has 0 bridgehead atoms. The van der Waals surface area contributed by atoms with Gasteiger partial charge in [-0.1, -0.05) is 11.6 Å². The molecule has 4 nitrogen and oxygen atoms in total. The van der Waals surface area contributed by atoms with Crippen LogP contribution in [0.5, 0.6) is 0 Å². The molecule has 14 heavy (non-hydrogen) atoms. The van der Waals surface area contributed by atoms with Crippen LogP contribution in [0.15, 0.2) is 6.33 Å². The number of hydrogen-bond acceptors (Lipinski definition) is 4. The molecule has 1 rings (SSSR count). The van der Waals surface area contributed by atoms with Crippen molar-refractivity contribution in [2.45, 2.75) is 0 Å². The second-order valence-electron chi connectivity index (χ2n) is 2.83. The first-order chi connectivity index (χ1) is 6.66. The first kappa shape index (κ1) is 11.1. The number of likely N-dealkylation sites (N-methyl/N-ethyl adjacent to an activating group) is 2. The molecule has 6 heteroatoms. The highest BCUT2D eigenvalue weighted by atomic mass is 35.5. The minimum absolute atomic E-state index is 0.0360. The third-order valence-corrected chi connectivity index (χ3v) is 2.11. The van der Waals surface area contributed by atoms with E-state index < -0.39 is 5.95 Å². The Morgan fingerprint density at radius 2 is 2.29 bits per heavy atom. The van der Waals surface area contributed by atoms with E-state index in [0.717, 1.165) is 12.9 Å². The van der Waals surface area contributed by atoms with Crippen LogP contribution in [0.2, 0.25) is 5.02 Å². The van der Waals surface area contributed by atoms with Crippen LogP contribution in [0.3, 0.4) is 0 Å². The highest BCUT2D eigenvalue weighted by Crippen LogP contribution is 2.22. The van der Waals surface area contributed by atoms with E-state index in [1.165, 1.54) is 0 Å². The lowest BCUT2D eigenvalue weighted by atomic mass is 10.4. The Labute approximate surface area is 87.1 Å². The molecule has 0 radical (unpaired) electrons. The predicted molar refractivity (Wildman–Crippen MR) is 54.2 cm³/mol. The van der Waals surface area contributed by atoms with Gasteiger partial charge in [0.2, 0.25) is 5.95 Å². The van der Waals surface area contributed by atoms with Gasteiger partial charge in [-0.05, 0) is 7.05 Å². The molecular weight excluding hydrogens is 207 g/mol. The fourth-order valence-electron chi connectivity index (χ4n) is 0.991. The molecule has 0 unspecified atom stereocenters. The first-order valence-corrected chi connectivity index (χ1v) is 4.56. The van der Waals surface area contributed by atoms with Crippen LogP contribution in [-0.2, 0) is 0 Å². The molecule has 0 atom stereocenters. The van der Waals surface area contributed by atoms with Gasteiger partial charge < -0.3 is 10.2 Å². The molecule has 0 aliphatic rings. The number of halogens is 2. The Hall–Kier alpha value is -0.940. The second-order valence-corrected chi connectivity index (χ2v) is 3.21. The van der Waals surface area contributed by atoms with Gasteiger partial charge in [-0.25, -0.2) is 9.97 Å². The monoisotopic (exact) mass is 218 g/mol. The van der Waals surface area contributed by atoms with Crippen LogP contribution >= 0.6 is 11.6 Å². The maximum Gasteiger partial charge on any atom is 0.236 e. The van der Waals surface area contributed by atoms with E-state index in [0.29, 0.717) is 12.4 Å². The average molecular weight is 219 g/mol. The van der Waals surface area contributed by atoms with Crippen LogP contribution in [0.25, 0.3) is 0 Å². The number of anilines is 1. The van der Waals surface area contributed by atoms with Gasteiger partial charge in [-0.2, -0.15) is 4.39 Å². The van der Waals surface area contributed by atoms with E-state index in [1.807, 2.05) is 7.05 Å². The second kappa shape index (κ2) is 5.07. The maximum absolute atomic E-state index is 12.9. The predicted octanol–water partition coefficient (Wildman–Crippen LogP) is 0.925. The zero-order valence-corrected chi connectivity index (χ0v) is 8.85. The molecule has 0 saturated carbocycles. The van der Waals surface area contributed by atoms with Crippen LogP contribution in [0.4, 0.5) is 10.2 Å². The maximum atomic E-state index is 12.9. The Balaban J connectivity index is 2.79. The fourth-order valence-corrected chi connectivity index (χ4v) is 1.23. The van der Waals surface area contributed by atoms with Gasteiger partial charge in [0.05, 0.1) is 0 Å². The molecule has 1 heterocycles. The summed E-state index contributed by atoms with van der Waals surface area (Å²) in [6, 6.07) is 0. The van der Waals surface area contributed by atoms with Gasteiger partial charge in [0.25, 0.3) is 0 Å². The molecule has 0 amide bonds. The Morgan fingerprint density at radius 1 is 1.57 bits per heavy atom. The van der Waals surface area contributed by atoms with E-state index in [4.69, 9.17) is 11.6 Å². The van der Waals surface area contributed by atoms with Crippen molar-refractivity contribution < 1.29 is 4.39 Å². The molecule has 0 aromatic carbocycles. The van der Waals surface area contributed by atoms with Crippen LogP contribution in [-0.4, -0.2) is 37.2 Å². The summed E-state index contributed by atoms with van der Waals surface area (Å²) in [6.45, 7) is 1.48. The normalized spacial score (nSPS) is 10.3. The largest absolute Gasteiger partial charge is 0.357 e. The van der Waals surface area contributed by atoms with Gasteiger partial charge in [-0.15, -0.1) is 0 Å². The topological polar surface area (TPSA) is 41.0 Å². The summed E-state index contributed by atoms with van der Waals surface area (Å²) in [4.78, 5) is 9.02. The smallest absolute Gasteiger partial charge is 0.236 e. The van der Waals surface area contributed by atoms with Gasteiger partial charge in [-0.3, -0.25) is 0 Å². The molecule has 0 fully saturated rings. The SMILES string of the molecule is CNCCN(C)c1ncnc(F)c1Cl. The van der Waals surface area contributed by atoms with E-state index in [2.05, 4.69) is 15.3 Å². The summed E-state index contributed by atoms with van der Waals surface area (Å²) in [7, 11) is 3.64. The van der Waals surface area contributed by atoms with Gasteiger partial charge in [0.15, 0.2) is 5.82 Å². The first-order valence-electron chi connectivity index (χ1n) is 4.18. The van der Waals surface area contributed by atoms with Gasteiger partial charge in [0, 0.05) is 20.1 Å². The van der Waals surface area contributed by atoms with Gasteiger partial charge in [0.1, 0.15) is 11.3 Å². The average Bonchev–Trinajstić information content (AvgIpc) is 2.18. The molecule has 1 aromatic rings. The zero-order chi connectivity index (χ0) is 10.6. The fraction of sp³-hybridized carbons (Fsp3) is 0.500. The summed E-state index contributed by atoms with van der Waals surface area (Å²) in [5.74, 6) is -0.276. The Kier molecular flexibility index (Phi) is 4.03. The molecule has 0 spiro atoms. The molecule has 1 N–H and O–H groups in total. The van der Waals surface area contributed by atoms with Crippen molar-refractivity contribution in [2.75, 3.05) is 32.1 Å². The molecule has 0 aliphatic heterocycles. The highest BCUT2D eigenvalue weighted by molar-refractivity contribution is 6.32. The number of nitrogens with one attached hydrogen (secondary N) is 1. The number of hydrogen-bond donors (Lipinski definition) is 1. The summed E-state index contributed by atoms with van der Waals surface area (Å²) < 4.78 is 12.9. The molecule has 78 valence electrons. The quantitative estimate of drug-likeness (QED) is 0.764. The van der Waals surface area contributed by atoms with Crippen LogP contribution < -0.4 is 10.2 Å². The van der Waals surface area contributed by atoms with Crippen LogP contribution in [0.1, 0.15) is 0 Å². The van der Waals surface area contributed by atoms with Crippen molar-refractivity contribution in [1.82, 2.24) is 15.3 Å². The lowest BCUT2D eigenvalue weighted by Crippen LogP contribution is -2.28. The van der Waals surface area contributed by atoms with E-state index in [9.17, 15) is 4.39 Å². The minimum Gasteiger partial charge on any atom is -0.357 e. The number of nitrogens with zero attached hydrogens (tertiary/aromatic N) is 3. The molecule has 0 aliphatic carbocycles.